The number of esters is 6. The first-order valence-corrected chi connectivity index (χ1v) is 47.4. The molecule has 750 valence electrons. The number of benzene rings is 16. The lowest BCUT2D eigenvalue weighted by atomic mass is 10.0. The Morgan fingerprint density at radius 2 is 0.388 bits per heavy atom. The van der Waals surface area contributed by atoms with Crippen LogP contribution in [0.15, 0.2) is 328 Å². The molecule has 0 aliphatic carbocycles. The van der Waals surface area contributed by atoms with Crippen LogP contribution in [0.2, 0.25) is 0 Å². The Labute approximate surface area is 843 Å². The fourth-order valence-corrected chi connectivity index (χ4v) is 16.3. The molecule has 0 aliphatic heterocycles. The van der Waals surface area contributed by atoms with Crippen LogP contribution in [0.5, 0.6) is 0 Å². The number of anilines is 3. The average Bonchev–Trinajstić information content (AvgIpc) is 0.794. The summed E-state index contributed by atoms with van der Waals surface area (Å²) < 4.78 is 68.5. The van der Waals surface area contributed by atoms with Gasteiger partial charge in [-0.05, 0) is 195 Å². The summed E-state index contributed by atoms with van der Waals surface area (Å²) in [6.07, 6.45) is -8.34. The van der Waals surface area contributed by atoms with Gasteiger partial charge in [0.15, 0.2) is 0 Å². The van der Waals surface area contributed by atoms with Gasteiger partial charge in [0.1, 0.15) is 76.3 Å². The van der Waals surface area contributed by atoms with Crippen LogP contribution in [-0.2, 0) is 96.5 Å². The highest BCUT2D eigenvalue weighted by atomic mass is 16.6. The molecule has 6 unspecified atom stereocenters. The Kier molecular flexibility index (Phi) is 35.9. The normalized spacial score (nSPS) is 12.6. The largest absolute Gasteiger partial charge is 0.459 e. The van der Waals surface area contributed by atoms with Gasteiger partial charge in [0.25, 0.3) is 17.7 Å². The minimum Gasteiger partial charge on any atom is -0.459 e. The number of ether oxygens (including phenoxy) is 12. The molecule has 0 radical (unpaired) electrons. The van der Waals surface area contributed by atoms with Crippen molar-refractivity contribution >= 4 is 135 Å². The van der Waals surface area contributed by atoms with Crippen molar-refractivity contribution in [2.45, 2.75) is 76.3 Å². The van der Waals surface area contributed by atoms with Crippen LogP contribution in [0, 0.1) is 0 Å². The highest BCUT2D eigenvalue weighted by molar-refractivity contribution is 6.14. The third-order valence-corrected chi connectivity index (χ3v) is 23.6. The second-order valence-corrected chi connectivity index (χ2v) is 35.2. The van der Waals surface area contributed by atoms with Crippen molar-refractivity contribution < 1.29 is 131 Å². The molecule has 16 aromatic carbocycles. The molecule has 0 aromatic heterocycles. The molecular formula is C117H105N3O27. The van der Waals surface area contributed by atoms with Gasteiger partial charge in [0.05, 0.1) is 113 Å². The Bertz CT molecular complexity index is 6750. The lowest BCUT2D eigenvalue weighted by Crippen LogP contribution is -2.25. The van der Waals surface area contributed by atoms with E-state index in [4.69, 9.17) is 56.8 Å². The highest BCUT2D eigenvalue weighted by Crippen LogP contribution is 2.30. The molecule has 30 nitrogen and oxygen atoms in total. The number of amides is 3. The topological polar surface area (TPSA) is 422 Å². The molecular weight excluding hydrogens is 1880 g/mol. The molecule has 3 amide bonds. The number of carbonyl (C=O) groups excluding carboxylic acids is 9. The first kappa shape index (κ1) is 104. The molecule has 0 bridgehead atoms. The van der Waals surface area contributed by atoms with Crippen molar-refractivity contribution in [3.63, 3.8) is 0 Å². The maximum absolute atomic E-state index is 15.4. The molecule has 16 aromatic rings. The summed E-state index contributed by atoms with van der Waals surface area (Å²) in [5.41, 5.74) is -0.0679. The van der Waals surface area contributed by atoms with E-state index in [1.165, 1.54) is 0 Å². The summed E-state index contributed by atoms with van der Waals surface area (Å²) in [5.74, 6) is -10.3. The van der Waals surface area contributed by atoms with Crippen LogP contribution in [0.1, 0.15) is 127 Å². The van der Waals surface area contributed by atoms with Crippen molar-refractivity contribution in [1.29, 1.82) is 0 Å². The molecule has 0 saturated carbocycles. The quantitative estimate of drug-likeness (QED) is 0.0126. The van der Waals surface area contributed by atoms with Gasteiger partial charge in [0, 0.05) is 33.8 Å². The first-order valence-electron chi connectivity index (χ1n) is 47.4. The Morgan fingerprint density at radius 1 is 0.190 bits per heavy atom. The summed E-state index contributed by atoms with van der Waals surface area (Å²) in [6, 6.07) is 93.3. The summed E-state index contributed by atoms with van der Waals surface area (Å²) in [7, 11) is 0. The predicted octanol–water partition coefficient (Wildman–Crippen LogP) is 16.8. The van der Waals surface area contributed by atoms with Gasteiger partial charge in [-0.2, -0.15) is 0 Å². The van der Waals surface area contributed by atoms with Crippen molar-refractivity contribution in [2.75, 3.05) is 95.2 Å². The molecule has 0 saturated heterocycles. The van der Waals surface area contributed by atoms with Crippen molar-refractivity contribution in [3.8, 4) is 0 Å². The van der Waals surface area contributed by atoms with Gasteiger partial charge in [-0.3, -0.25) is 14.4 Å². The van der Waals surface area contributed by atoms with Crippen LogP contribution >= 0.6 is 0 Å². The van der Waals surface area contributed by atoms with Crippen molar-refractivity contribution in [2.24, 2.45) is 0 Å². The number of carbonyl (C=O) groups is 9. The van der Waals surface area contributed by atoms with E-state index in [0.29, 0.717) is 0 Å². The third-order valence-electron chi connectivity index (χ3n) is 23.6. The van der Waals surface area contributed by atoms with Gasteiger partial charge in [-0.25, -0.2) is 28.8 Å². The molecule has 0 spiro atoms. The second kappa shape index (κ2) is 50.9. The van der Waals surface area contributed by atoms with Crippen LogP contribution in [0.25, 0.3) is 64.6 Å². The minimum absolute atomic E-state index is 0.0821. The zero-order chi connectivity index (χ0) is 102. The van der Waals surface area contributed by atoms with E-state index in [1.54, 1.807) is 0 Å². The maximum atomic E-state index is 15.4. The van der Waals surface area contributed by atoms with E-state index >= 15 is 14.4 Å². The average molecular weight is 1990 g/mol. The molecule has 0 aliphatic rings. The summed E-state index contributed by atoms with van der Waals surface area (Å²) in [6.45, 7) is -5.10. The van der Waals surface area contributed by atoms with E-state index in [0.717, 1.165) is 171 Å². The molecule has 16 rings (SSSR count). The minimum atomic E-state index is -1.39. The summed E-state index contributed by atoms with van der Waals surface area (Å²) in [4.78, 5) is 132. The Morgan fingerprint density at radius 3 is 0.626 bits per heavy atom. The third kappa shape index (κ3) is 29.6. The van der Waals surface area contributed by atoms with Gasteiger partial charge in [-0.1, -0.05) is 231 Å². The zero-order valence-corrected chi connectivity index (χ0v) is 79.6. The molecule has 9 N–H and O–H groups in total. The van der Waals surface area contributed by atoms with Gasteiger partial charge in [-0.15, -0.1) is 0 Å². The smallest absolute Gasteiger partial charge is 0.338 e. The first-order chi connectivity index (χ1) is 71.4. The zero-order valence-electron chi connectivity index (χ0n) is 79.6. The summed E-state index contributed by atoms with van der Waals surface area (Å²) >= 11 is 0. The fraction of sp³-hybridized carbons (Fsp3) is 0.205. The number of fused-ring (bicyclic) bond motifs is 6. The lowest BCUT2D eigenvalue weighted by molar-refractivity contribution is -0.0155. The van der Waals surface area contributed by atoms with E-state index < -0.39 is 180 Å². The van der Waals surface area contributed by atoms with Crippen LogP contribution in [0.3, 0.4) is 0 Å². The van der Waals surface area contributed by atoms with Gasteiger partial charge >= 0.3 is 35.8 Å². The summed E-state index contributed by atoms with van der Waals surface area (Å²) in [5, 5.41) is 86.3. The van der Waals surface area contributed by atoms with Crippen molar-refractivity contribution in [1.82, 2.24) is 0 Å². The van der Waals surface area contributed by atoms with E-state index in [-0.39, 0.29) is 96.3 Å². The number of hydrogen-bond acceptors (Lipinski definition) is 27. The van der Waals surface area contributed by atoms with Crippen molar-refractivity contribution in [3.05, 3.63) is 411 Å². The number of aliphatic hydroxyl groups is 6. The number of nitrogens with one attached hydrogen (secondary N) is 3. The lowest BCUT2D eigenvalue weighted by Gasteiger charge is -2.16. The standard InChI is InChI=1S/C117H105N3O27/c121-101(61-136-55-73-31-35-77-15-1-5-21-83(77)39-73)67-142-112(130)92-46-93(113(131)143-68-102(122)62-137-56-74-32-36-78-16-2-6-22-84(78)40-74)50-98(49-92)118-109(127)89-43-90(110(128)119-99-51-94(114(132)144-69-103(123)63-138-57-75-33-37-79-17-3-7-23-85(79)41-75)47-95(52-99)115(133)145-70-104(124)64-139-58-76-34-38-80-18-4-8-24-86(80)42-76)45-91(44-89)111(129)120-100-53-96(116(134)146-71-105(125)65-140-59-87-27-13-25-81-19-9-11-29-107(81)87)48-97(54-100)117(135)147-72-106(126)66-141-60-88-28-14-26-82-20-10-12-30-108(82)88/h1-54,101-106,121-126H,55-72H2,(H,118,127)(H,119,128)(H,120,129). The molecule has 6 atom stereocenters. The van der Waals surface area contributed by atoms with E-state index in [2.05, 4.69) is 16.0 Å². The van der Waals surface area contributed by atoms with E-state index in [9.17, 15) is 59.4 Å². The molecule has 30 heteroatoms. The fourth-order valence-electron chi connectivity index (χ4n) is 16.3. The SMILES string of the molecule is O=C(Nc1cc(C(=O)OCC(O)COCc2ccc3ccccc3c2)cc(C(=O)OCC(O)COCc2ccc3ccccc3c2)c1)c1cc(C(=O)Nc2cc(C(=O)OCC(O)COCc3ccc4ccccc4c3)cc(C(=O)OCC(O)COCc3ccc4ccccc4c3)c2)cc(C(=O)Nc2cc(C(=O)OCC(O)COCc3cccc4ccccc34)cc(C(=O)OCC(O)COCc3cccc4ccccc34)c2)c1. The van der Waals surface area contributed by atoms with Crippen LogP contribution in [0.4, 0.5) is 17.1 Å². The predicted molar refractivity (Wildman–Crippen MR) is 549 cm³/mol. The monoisotopic (exact) mass is 1980 g/mol. The molecule has 0 heterocycles. The number of rotatable bonds is 48. The van der Waals surface area contributed by atoms with Gasteiger partial charge in [0.2, 0.25) is 0 Å². The van der Waals surface area contributed by atoms with Crippen LogP contribution in [-0.4, -0.2) is 200 Å². The second-order valence-electron chi connectivity index (χ2n) is 35.2. The van der Waals surface area contributed by atoms with E-state index in [1.807, 2.05) is 255 Å². The van der Waals surface area contributed by atoms with Gasteiger partial charge < -0.3 is 103 Å². The molecule has 147 heavy (non-hydrogen) atoms. The number of aliphatic hydroxyl groups excluding tert-OH is 6. The number of hydrogen-bond donors (Lipinski definition) is 9. The molecule has 0 fully saturated rings. The Balaban J connectivity index is 0.686. The van der Waals surface area contributed by atoms with Crippen LogP contribution < -0.4 is 16.0 Å². The Hall–Kier alpha value is -16.2. The highest BCUT2D eigenvalue weighted by Gasteiger charge is 2.28. The maximum Gasteiger partial charge on any atom is 0.338 e.